The average Bonchev–Trinajstić information content (AvgIpc) is 2.96. The molecule has 1 aromatic carbocycles. The van der Waals surface area contributed by atoms with Crippen molar-refractivity contribution in [3.05, 3.63) is 30.1 Å². The summed E-state index contributed by atoms with van der Waals surface area (Å²) >= 11 is 0. The van der Waals surface area contributed by atoms with Crippen molar-refractivity contribution in [2.75, 3.05) is 31.1 Å². The van der Waals surface area contributed by atoms with Crippen LogP contribution in [-0.4, -0.2) is 44.8 Å². The number of carbonyl (C=O) groups is 1. The van der Waals surface area contributed by atoms with E-state index in [1.54, 1.807) is 17.0 Å². The standard InChI is InChI=1S/C16H22FN3O3S/c17-14-4-6-15(7-5-14)20-12-13(10-16(20)21)11-18-24(22,23)19-8-2-1-3-9-19/h4-7,13,18H,1-3,8-12H2. The number of nitrogens with one attached hydrogen (secondary N) is 1. The maximum Gasteiger partial charge on any atom is 0.279 e. The van der Waals surface area contributed by atoms with Crippen molar-refractivity contribution in [2.24, 2.45) is 5.92 Å². The summed E-state index contributed by atoms with van der Waals surface area (Å²) in [6, 6.07) is 5.76. The molecule has 0 saturated carbocycles. The van der Waals surface area contributed by atoms with Crippen molar-refractivity contribution in [1.82, 2.24) is 9.03 Å². The van der Waals surface area contributed by atoms with E-state index in [0.29, 0.717) is 31.7 Å². The van der Waals surface area contributed by atoms with Crippen LogP contribution in [0.15, 0.2) is 24.3 Å². The highest BCUT2D eigenvalue weighted by molar-refractivity contribution is 7.87. The third-order valence-electron chi connectivity index (χ3n) is 4.55. The summed E-state index contributed by atoms with van der Waals surface area (Å²) in [6.45, 7) is 1.79. The largest absolute Gasteiger partial charge is 0.312 e. The number of halogens is 1. The Morgan fingerprint density at radius 3 is 2.46 bits per heavy atom. The molecular formula is C16H22FN3O3S. The molecule has 1 aromatic rings. The molecule has 132 valence electrons. The second-order valence-electron chi connectivity index (χ2n) is 6.36. The maximum atomic E-state index is 13.0. The number of carbonyl (C=O) groups excluding carboxylic acids is 1. The van der Waals surface area contributed by atoms with Crippen LogP contribution in [0.3, 0.4) is 0 Å². The average molecular weight is 355 g/mol. The Bertz CT molecular complexity index is 687. The lowest BCUT2D eigenvalue weighted by atomic mass is 10.1. The number of nitrogens with zero attached hydrogens (tertiary/aromatic N) is 2. The van der Waals surface area contributed by atoms with Gasteiger partial charge in [-0.15, -0.1) is 0 Å². The molecule has 2 aliphatic heterocycles. The smallest absolute Gasteiger partial charge is 0.279 e. The van der Waals surface area contributed by atoms with Gasteiger partial charge in [0.25, 0.3) is 10.2 Å². The second-order valence-corrected chi connectivity index (χ2v) is 8.12. The van der Waals surface area contributed by atoms with E-state index in [9.17, 15) is 17.6 Å². The number of hydrogen-bond acceptors (Lipinski definition) is 3. The lowest BCUT2D eigenvalue weighted by Gasteiger charge is -2.26. The van der Waals surface area contributed by atoms with Crippen LogP contribution in [0.1, 0.15) is 25.7 Å². The fraction of sp³-hybridized carbons (Fsp3) is 0.562. The Morgan fingerprint density at radius 1 is 1.12 bits per heavy atom. The van der Waals surface area contributed by atoms with Gasteiger partial charge in [0.05, 0.1) is 0 Å². The highest BCUT2D eigenvalue weighted by atomic mass is 32.2. The molecule has 0 spiro atoms. The summed E-state index contributed by atoms with van der Waals surface area (Å²) in [5.41, 5.74) is 0.641. The van der Waals surface area contributed by atoms with E-state index in [2.05, 4.69) is 4.72 Å². The summed E-state index contributed by atoms with van der Waals surface area (Å²) < 4.78 is 41.7. The first-order valence-corrected chi connectivity index (χ1v) is 9.70. The van der Waals surface area contributed by atoms with Gasteiger partial charge in [0.1, 0.15) is 5.82 Å². The fourth-order valence-electron chi connectivity index (χ4n) is 3.21. The summed E-state index contributed by atoms with van der Waals surface area (Å²) in [4.78, 5) is 13.7. The third-order valence-corrected chi connectivity index (χ3v) is 6.13. The monoisotopic (exact) mass is 355 g/mol. The first kappa shape index (κ1) is 17.3. The number of hydrogen-bond donors (Lipinski definition) is 1. The Labute approximate surface area is 141 Å². The van der Waals surface area contributed by atoms with Crippen molar-refractivity contribution < 1.29 is 17.6 Å². The maximum absolute atomic E-state index is 13.0. The molecular weight excluding hydrogens is 333 g/mol. The minimum Gasteiger partial charge on any atom is -0.312 e. The molecule has 6 nitrogen and oxygen atoms in total. The lowest BCUT2D eigenvalue weighted by Crippen LogP contribution is -2.45. The van der Waals surface area contributed by atoms with Crippen molar-refractivity contribution >= 4 is 21.8 Å². The van der Waals surface area contributed by atoms with Crippen LogP contribution in [0.4, 0.5) is 10.1 Å². The number of amides is 1. The van der Waals surface area contributed by atoms with E-state index >= 15 is 0 Å². The van der Waals surface area contributed by atoms with Gasteiger partial charge >= 0.3 is 0 Å². The number of benzene rings is 1. The summed E-state index contributed by atoms with van der Waals surface area (Å²) in [5.74, 6) is -0.498. The summed E-state index contributed by atoms with van der Waals surface area (Å²) in [5, 5.41) is 0. The van der Waals surface area contributed by atoms with Gasteiger partial charge < -0.3 is 4.90 Å². The van der Waals surface area contributed by atoms with Crippen LogP contribution in [0.2, 0.25) is 0 Å². The molecule has 2 saturated heterocycles. The summed E-state index contributed by atoms with van der Waals surface area (Å²) in [6.07, 6.45) is 3.14. The van der Waals surface area contributed by atoms with Gasteiger partial charge in [-0.2, -0.15) is 12.7 Å². The Kier molecular flexibility index (Phi) is 5.17. The zero-order valence-electron chi connectivity index (χ0n) is 13.4. The Hall–Kier alpha value is -1.51. The predicted octanol–water partition coefficient (Wildman–Crippen LogP) is 1.50. The molecule has 1 unspecified atom stereocenters. The normalized spacial score (nSPS) is 23.0. The minimum atomic E-state index is -3.47. The van der Waals surface area contributed by atoms with E-state index in [1.807, 2.05) is 0 Å². The number of rotatable bonds is 5. The molecule has 24 heavy (non-hydrogen) atoms. The van der Waals surface area contributed by atoms with E-state index in [-0.39, 0.29) is 24.2 Å². The molecule has 2 heterocycles. The zero-order chi connectivity index (χ0) is 17.2. The van der Waals surface area contributed by atoms with Crippen LogP contribution >= 0.6 is 0 Å². The van der Waals surface area contributed by atoms with Crippen molar-refractivity contribution in [3.63, 3.8) is 0 Å². The van der Waals surface area contributed by atoms with Gasteiger partial charge in [0.15, 0.2) is 0 Å². The summed E-state index contributed by atoms with van der Waals surface area (Å²) in [7, 11) is -3.47. The molecule has 0 aliphatic carbocycles. The number of piperidine rings is 1. The SMILES string of the molecule is O=C1CC(CNS(=O)(=O)N2CCCCC2)CN1c1ccc(F)cc1. The van der Waals surface area contributed by atoms with Crippen LogP contribution < -0.4 is 9.62 Å². The highest BCUT2D eigenvalue weighted by Gasteiger charge is 2.32. The highest BCUT2D eigenvalue weighted by Crippen LogP contribution is 2.25. The Balaban J connectivity index is 1.57. The van der Waals surface area contributed by atoms with Gasteiger partial charge in [-0.05, 0) is 43.0 Å². The van der Waals surface area contributed by atoms with Crippen molar-refractivity contribution in [1.29, 1.82) is 0 Å². The molecule has 2 fully saturated rings. The molecule has 0 aromatic heterocycles. The molecule has 1 N–H and O–H groups in total. The van der Waals surface area contributed by atoms with Gasteiger partial charge in [-0.25, -0.2) is 9.11 Å². The quantitative estimate of drug-likeness (QED) is 0.870. The molecule has 1 amide bonds. The fourth-order valence-corrected chi connectivity index (χ4v) is 4.58. The molecule has 0 bridgehead atoms. The van der Waals surface area contributed by atoms with Crippen LogP contribution in [0.5, 0.6) is 0 Å². The first-order chi connectivity index (χ1) is 11.5. The van der Waals surface area contributed by atoms with Crippen LogP contribution in [-0.2, 0) is 15.0 Å². The topological polar surface area (TPSA) is 69.7 Å². The molecule has 0 radical (unpaired) electrons. The Morgan fingerprint density at radius 2 is 1.79 bits per heavy atom. The predicted molar refractivity (Wildman–Crippen MR) is 89.2 cm³/mol. The van der Waals surface area contributed by atoms with Crippen molar-refractivity contribution in [2.45, 2.75) is 25.7 Å². The molecule has 2 aliphatic rings. The molecule has 3 rings (SSSR count). The minimum absolute atomic E-state index is 0.0659. The first-order valence-electron chi connectivity index (χ1n) is 8.26. The van der Waals surface area contributed by atoms with Gasteiger partial charge in [0, 0.05) is 38.3 Å². The lowest BCUT2D eigenvalue weighted by molar-refractivity contribution is -0.117. The van der Waals surface area contributed by atoms with E-state index in [1.165, 1.54) is 16.4 Å². The van der Waals surface area contributed by atoms with Gasteiger partial charge in [-0.1, -0.05) is 6.42 Å². The van der Waals surface area contributed by atoms with E-state index in [4.69, 9.17) is 0 Å². The van der Waals surface area contributed by atoms with Crippen LogP contribution in [0, 0.1) is 11.7 Å². The third kappa shape index (κ3) is 3.93. The van der Waals surface area contributed by atoms with Crippen LogP contribution in [0.25, 0.3) is 0 Å². The molecule has 1 atom stereocenters. The number of anilines is 1. The van der Waals surface area contributed by atoms with Gasteiger partial charge in [-0.3, -0.25) is 4.79 Å². The van der Waals surface area contributed by atoms with E-state index in [0.717, 1.165) is 19.3 Å². The van der Waals surface area contributed by atoms with Crippen molar-refractivity contribution in [3.8, 4) is 0 Å². The zero-order valence-corrected chi connectivity index (χ0v) is 14.3. The van der Waals surface area contributed by atoms with E-state index < -0.39 is 10.2 Å². The van der Waals surface area contributed by atoms with Gasteiger partial charge in [0.2, 0.25) is 5.91 Å². The molecule has 8 heteroatoms. The second kappa shape index (κ2) is 7.16.